The van der Waals surface area contributed by atoms with Gasteiger partial charge in [0.1, 0.15) is 0 Å². The molecule has 1 aliphatic heterocycles. The van der Waals surface area contributed by atoms with Crippen molar-refractivity contribution in [2.45, 2.75) is 25.8 Å². The van der Waals surface area contributed by atoms with Crippen LogP contribution in [0.25, 0.3) is 10.9 Å². The third kappa shape index (κ3) is 2.00. The van der Waals surface area contributed by atoms with E-state index in [2.05, 4.69) is 51.1 Å². The van der Waals surface area contributed by atoms with Crippen LogP contribution >= 0.6 is 15.9 Å². The molecule has 1 saturated heterocycles. The van der Waals surface area contributed by atoms with E-state index in [9.17, 15) is 0 Å². The van der Waals surface area contributed by atoms with Crippen molar-refractivity contribution in [3.8, 4) is 0 Å². The Hall–Kier alpha value is -0.870. The maximum absolute atomic E-state index is 4.71. The van der Waals surface area contributed by atoms with Crippen molar-refractivity contribution in [2.24, 2.45) is 0 Å². The molecule has 2 heterocycles. The number of benzene rings is 1. The molecule has 0 radical (unpaired) electrons. The quantitative estimate of drug-likeness (QED) is 0.876. The van der Waals surface area contributed by atoms with Crippen molar-refractivity contribution >= 4 is 26.8 Å². The minimum Gasteiger partial charge on any atom is -0.315 e. The first kappa shape index (κ1) is 11.2. The van der Waals surface area contributed by atoms with Crippen LogP contribution in [0.5, 0.6) is 0 Å². The minimum atomic E-state index is 0.501. The molecule has 1 N–H and O–H groups in total. The fraction of sp³-hybridized carbons (Fsp3) is 0.462. The summed E-state index contributed by atoms with van der Waals surface area (Å²) >= 11 is 3.52. The second kappa shape index (κ2) is 4.42. The van der Waals surface area contributed by atoms with Crippen molar-refractivity contribution in [2.75, 3.05) is 13.1 Å². The molecule has 0 spiro atoms. The van der Waals surface area contributed by atoms with Crippen LogP contribution in [0.4, 0.5) is 0 Å². The monoisotopic (exact) mass is 293 g/mol. The number of hydrogen-bond donors (Lipinski definition) is 1. The number of nitrogens with one attached hydrogen (secondary N) is 1. The number of nitrogens with zero attached hydrogens (tertiary/aromatic N) is 2. The van der Waals surface area contributed by atoms with E-state index in [-0.39, 0.29) is 0 Å². The smallest absolute Gasteiger partial charge is 0.0689 e. The fourth-order valence-corrected chi connectivity index (χ4v) is 2.95. The highest BCUT2D eigenvalue weighted by molar-refractivity contribution is 9.10. The number of fused-ring (bicyclic) bond motifs is 1. The molecule has 1 aliphatic rings. The third-order valence-corrected chi connectivity index (χ3v) is 3.96. The van der Waals surface area contributed by atoms with Crippen molar-refractivity contribution in [1.82, 2.24) is 15.1 Å². The molecule has 17 heavy (non-hydrogen) atoms. The van der Waals surface area contributed by atoms with Gasteiger partial charge in [0.25, 0.3) is 0 Å². The van der Waals surface area contributed by atoms with Crippen LogP contribution in [0.15, 0.2) is 22.7 Å². The Labute approximate surface area is 109 Å². The van der Waals surface area contributed by atoms with Gasteiger partial charge in [-0.1, -0.05) is 15.9 Å². The van der Waals surface area contributed by atoms with Crippen LogP contribution in [0, 0.1) is 6.92 Å². The van der Waals surface area contributed by atoms with Gasteiger partial charge in [-0.2, -0.15) is 5.10 Å². The van der Waals surface area contributed by atoms with Gasteiger partial charge in [-0.05, 0) is 44.5 Å². The van der Waals surface area contributed by atoms with E-state index in [0.29, 0.717) is 6.04 Å². The Balaban J connectivity index is 2.10. The van der Waals surface area contributed by atoms with Crippen LogP contribution in [-0.2, 0) is 0 Å². The molecule has 0 aliphatic carbocycles. The average Bonchev–Trinajstić information content (AvgIpc) is 2.68. The Morgan fingerprint density at radius 2 is 2.35 bits per heavy atom. The van der Waals surface area contributed by atoms with Gasteiger partial charge < -0.3 is 5.32 Å². The molecule has 3 nitrogen and oxygen atoms in total. The maximum Gasteiger partial charge on any atom is 0.0689 e. The van der Waals surface area contributed by atoms with Gasteiger partial charge in [0.05, 0.1) is 17.3 Å². The van der Waals surface area contributed by atoms with Crippen LogP contribution < -0.4 is 5.32 Å². The predicted octanol–water partition coefficient (Wildman–Crippen LogP) is 3.03. The van der Waals surface area contributed by atoms with Crippen molar-refractivity contribution in [1.29, 1.82) is 0 Å². The Bertz CT molecular complexity index is 541. The molecular weight excluding hydrogens is 278 g/mol. The van der Waals surface area contributed by atoms with Gasteiger partial charge >= 0.3 is 0 Å². The number of rotatable bonds is 1. The number of aromatic nitrogens is 2. The van der Waals surface area contributed by atoms with E-state index in [1.165, 1.54) is 23.7 Å². The maximum atomic E-state index is 4.71. The van der Waals surface area contributed by atoms with Crippen LogP contribution in [0.2, 0.25) is 0 Å². The van der Waals surface area contributed by atoms with Crippen LogP contribution in [0.1, 0.15) is 24.6 Å². The lowest BCUT2D eigenvalue weighted by Gasteiger charge is -2.23. The standard InChI is InChI=1S/C13H16BrN3/c1-9-12-7-10(14)4-5-13(12)17(16-9)11-3-2-6-15-8-11/h4-5,7,11,15H,2-3,6,8H2,1H3. The van der Waals surface area contributed by atoms with E-state index in [1.54, 1.807) is 0 Å². The van der Waals surface area contributed by atoms with E-state index in [1.807, 2.05) is 0 Å². The molecule has 1 atom stereocenters. The lowest BCUT2D eigenvalue weighted by Crippen LogP contribution is -2.32. The molecule has 0 amide bonds. The topological polar surface area (TPSA) is 29.9 Å². The summed E-state index contributed by atoms with van der Waals surface area (Å²) in [4.78, 5) is 0. The molecule has 2 aromatic rings. The number of hydrogen-bond acceptors (Lipinski definition) is 2. The van der Waals surface area contributed by atoms with E-state index < -0.39 is 0 Å². The average molecular weight is 294 g/mol. The van der Waals surface area contributed by atoms with Crippen LogP contribution in [-0.4, -0.2) is 22.9 Å². The molecule has 1 unspecified atom stereocenters. The van der Waals surface area contributed by atoms with Crippen molar-refractivity contribution in [3.05, 3.63) is 28.4 Å². The number of aryl methyl sites for hydroxylation is 1. The van der Waals surface area contributed by atoms with Crippen molar-refractivity contribution in [3.63, 3.8) is 0 Å². The summed E-state index contributed by atoms with van der Waals surface area (Å²) in [6, 6.07) is 6.91. The van der Waals surface area contributed by atoms with Crippen molar-refractivity contribution < 1.29 is 0 Å². The lowest BCUT2D eigenvalue weighted by atomic mass is 10.1. The van der Waals surface area contributed by atoms with Crippen LogP contribution in [0.3, 0.4) is 0 Å². The van der Waals surface area contributed by atoms with Gasteiger partial charge in [0, 0.05) is 16.4 Å². The second-order valence-electron chi connectivity index (χ2n) is 4.69. The molecule has 1 aromatic heterocycles. The summed E-state index contributed by atoms with van der Waals surface area (Å²) in [5, 5.41) is 9.41. The highest BCUT2D eigenvalue weighted by atomic mass is 79.9. The first-order valence-electron chi connectivity index (χ1n) is 6.11. The summed E-state index contributed by atoms with van der Waals surface area (Å²) in [7, 11) is 0. The molecular formula is C13H16BrN3. The molecule has 4 heteroatoms. The van der Waals surface area contributed by atoms with E-state index in [0.717, 1.165) is 23.3 Å². The third-order valence-electron chi connectivity index (χ3n) is 3.47. The van der Waals surface area contributed by atoms with E-state index >= 15 is 0 Å². The largest absolute Gasteiger partial charge is 0.315 e. The molecule has 0 saturated carbocycles. The number of halogens is 1. The summed E-state index contributed by atoms with van der Waals surface area (Å²) in [6.07, 6.45) is 2.46. The summed E-state index contributed by atoms with van der Waals surface area (Å²) < 4.78 is 3.32. The first-order valence-corrected chi connectivity index (χ1v) is 6.90. The highest BCUT2D eigenvalue weighted by Gasteiger charge is 2.18. The molecule has 3 rings (SSSR count). The minimum absolute atomic E-state index is 0.501. The van der Waals surface area contributed by atoms with Gasteiger partial charge in [-0.3, -0.25) is 4.68 Å². The normalized spacial score (nSPS) is 20.9. The summed E-state index contributed by atoms with van der Waals surface area (Å²) in [5.74, 6) is 0. The predicted molar refractivity (Wildman–Crippen MR) is 73.3 cm³/mol. The molecule has 1 fully saturated rings. The van der Waals surface area contributed by atoms with E-state index in [4.69, 9.17) is 5.10 Å². The molecule has 0 bridgehead atoms. The van der Waals surface area contributed by atoms with Gasteiger partial charge in [0.15, 0.2) is 0 Å². The van der Waals surface area contributed by atoms with Gasteiger partial charge in [-0.15, -0.1) is 0 Å². The Morgan fingerprint density at radius 3 is 3.12 bits per heavy atom. The molecule has 90 valence electrons. The SMILES string of the molecule is Cc1nn(C2CCCNC2)c2ccc(Br)cc12. The second-order valence-corrected chi connectivity index (χ2v) is 5.61. The zero-order valence-electron chi connectivity index (χ0n) is 9.91. The molecule has 1 aromatic carbocycles. The Kier molecular flexibility index (Phi) is 2.92. The summed E-state index contributed by atoms with van der Waals surface area (Å²) in [5.41, 5.74) is 2.37. The zero-order valence-corrected chi connectivity index (χ0v) is 11.5. The van der Waals surface area contributed by atoms with Gasteiger partial charge in [0.2, 0.25) is 0 Å². The lowest BCUT2D eigenvalue weighted by molar-refractivity contribution is 0.354. The van der Waals surface area contributed by atoms with Gasteiger partial charge in [-0.25, -0.2) is 0 Å². The number of piperidine rings is 1. The Morgan fingerprint density at radius 1 is 1.47 bits per heavy atom. The zero-order chi connectivity index (χ0) is 11.8. The highest BCUT2D eigenvalue weighted by Crippen LogP contribution is 2.27. The fourth-order valence-electron chi connectivity index (χ4n) is 2.59. The summed E-state index contributed by atoms with van der Waals surface area (Å²) in [6.45, 7) is 4.26. The first-order chi connectivity index (χ1) is 8.25.